The number of hydrogen-bond acceptors (Lipinski definition) is 4. The largest absolute Gasteiger partial charge is 0.444 e. The van der Waals surface area contributed by atoms with Gasteiger partial charge in [-0.25, -0.2) is 4.79 Å². The van der Waals surface area contributed by atoms with E-state index in [0.29, 0.717) is 24.7 Å². The van der Waals surface area contributed by atoms with Crippen molar-refractivity contribution in [2.24, 2.45) is 0 Å². The minimum atomic E-state index is -0.540. The number of rotatable bonds is 3. The standard InChI is InChI=1S/C21H29ClN2O4/c1-21(2,3)28-20(26)24-8-5-6-18(24)16-11-15(22)10-14-7-9-23(12-17(14)16)19(25)13-27-4/h10-11,18H,5-9,12-13H2,1-4H3/t18-/m0/s1. The Morgan fingerprint density at radius 1 is 1.25 bits per heavy atom. The number of fused-ring (bicyclic) bond motifs is 1. The summed E-state index contributed by atoms with van der Waals surface area (Å²) in [4.78, 5) is 28.7. The zero-order valence-corrected chi connectivity index (χ0v) is 17.8. The van der Waals surface area contributed by atoms with Gasteiger partial charge in [-0.3, -0.25) is 4.79 Å². The molecule has 2 heterocycles. The number of hydrogen-bond donors (Lipinski definition) is 0. The molecule has 0 radical (unpaired) electrons. The molecule has 154 valence electrons. The Hall–Kier alpha value is -1.79. The predicted molar refractivity (Wildman–Crippen MR) is 107 cm³/mol. The summed E-state index contributed by atoms with van der Waals surface area (Å²) in [5.41, 5.74) is 2.74. The van der Waals surface area contributed by atoms with Crippen LogP contribution in [-0.4, -0.2) is 54.2 Å². The van der Waals surface area contributed by atoms with E-state index in [9.17, 15) is 9.59 Å². The Morgan fingerprint density at radius 2 is 2.00 bits per heavy atom. The monoisotopic (exact) mass is 408 g/mol. The van der Waals surface area contributed by atoms with Crippen LogP contribution in [0, 0.1) is 0 Å². The lowest BCUT2D eigenvalue weighted by Crippen LogP contribution is -2.40. The molecular weight excluding hydrogens is 380 g/mol. The average molecular weight is 409 g/mol. The number of carbonyl (C=O) groups excluding carboxylic acids is 2. The maximum Gasteiger partial charge on any atom is 0.410 e. The van der Waals surface area contributed by atoms with Gasteiger partial charge in [0.2, 0.25) is 5.91 Å². The quantitative estimate of drug-likeness (QED) is 0.760. The number of halogens is 1. The highest BCUT2D eigenvalue weighted by Gasteiger charge is 2.36. The Labute approximate surface area is 171 Å². The Balaban J connectivity index is 1.91. The van der Waals surface area contributed by atoms with Crippen LogP contribution < -0.4 is 0 Å². The molecule has 1 aromatic carbocycles. The Morgan fingerprint density at radius 3 is 2.68 bits per heavy atom. The molecule has 0 unspecified atom stereocenters. The van der Waals surface area contributed by atoms with Crippen molar-refractivity contribution in [3.8, 4) is 0 Å². The maximum atomic E-state index is 12.7. The summed E-state index contributed by atoms with van der Waals surface area (Å²) < 4.78 is 10.6. The SMILES string of the molecule is COCC(=O)N1CCc2cc(Cl)cc([C@@H]3CCCN3C(=O)OC(C)(C)C)c2C1. The molecule has 0 saturated carbocycles. The van der Waals surface area contributed by atoms with Crippen molar-refractivity contribution in [1.29, 1.82) is 0 Å². The molecule has 2 amide bonds. The van der Waals surface area contributed by atoms with E-state index in [1.165, 1.54) is 7.11 Å². The fourth-order valence-electron chi connectivity index (χ4n) is 4.01. The molecule has 3 rings (SSSR count). The second-order valence-electron chi connectivity index (χ2n) is 8.46. The number of likely N-dealkylation sites (tertiary alicyclic amines) is 1. The van der Waals surface area contributed by atoms with Crippen LogP contribution in [-0.2, 0) is 27.2 Å². The van der Waals surface area contributed by atoms with E-state index in [1.54, 1.807) is 4.90 Å². The van der Waals surface area contributed by atoms with Crippen molar-refractivity contribution in [3.05, 3.63) is 33.8 Å². The van der Waals surface area contributed by atoms with Crippen molar-refractivity contribution in [2.75, 3.05) is 26.8 Å². The van der Waals surface area contributed by atoms with E-state index in [-0.39, 0.29) is 24.6 Å². The van der Waals surface area contributed by atoms with Crippen molar-refractivity contribution >= 4 is 23.6 Å². The summed E-state index contributed by atoms with van der Waals surface area (Å²) in [6.07, 6.45) is 2.22. The third-order valence-corrected chi connectivity index (χ3v) is 5.42. The highest BCUT2D eigenvalue weighted by molar-refractivity contribution is 6.30. The molecule has 7 heteroatoms. The van der Waals surface area contributed by atoms with Gasteiger partial charge in [-0.2, -0.15) is 0 Å². The van der Waals surface area contributed by atoms with Crippen LogP contribution in [0.1, 0.15) is 56.3 Å². The molecule has 0 aromatic heterocycles. The van der Waals surface area contributed by atoms with E-state index in [4.69, 9.17) is 21.1 Å². The van der Waals surface area contributed by atoms with Gasteiger partial charge in [-0.1, -0.05) is 11.6 Å². The van der Waals surface area contributed by atoms with Gasteiger partial charge in [-0.05, 0) is 68.9 Å². The van der Waals surface area contributed by atoms with Crippen LogP contribution >= 0.6 is 11.6 Å². The smallest absolute Gasteiger partial charge is 0.410 e. The lowest BCUT2D eigenvalue weighted by atomic mass is 9.90. The van der Waals surface area contributed by atoms with Gasteiger partial charge in [0.1, 0.15) is 12.2 Å². The molecule has 2 aliphatic heterocycles. The van der Waals surface area contributed by atoms with E-state index in [2.05, 4.69) is 0 Å². The summed E-state index contributed by atoms with van der Waals surface area (Å²) in [6, 6.07) is 3.84. The summed E-state index contributed by atoms with van der Waals surface area (Å²) in [5.74, 6) is -0.0236. The van der Waals surface area contributed by atoms with Gasteiger partial charge in [0.25, 0.3) is 0 Å². The molecule has 1 fully saturated rings. The summed E-state index contributed by atoms with van der Waals surface area (Å²) in [5, 5.41) is 0.668. The number of ether oxygens (including phenoxy) is 2. The van der Waals surface area contributed by atoms with E-state index in [1.807, 2.05) is 37.8 Å². The van der Waals surface area contributed by atoms with Crippen molar-refractivity contribution in [2.45, 2.75) is 58.2 Å². The second-order valence-corrected chi connectivity index (χ2v) is 8.90. The molecule has 2 aliphatic rings. The predicted octanol–water partition coefficient (Wildman–Crippen LogP) is 3.94. The average Bonchev–Trinajstić information content (AvgIpc) is 3.09. The maximum absolute atomic E-state index is 12.7. The number of amides is 2. The first-order chi connectivity index (χ1) is 13.2. The number of methoxy groups -OCH3 is 1. The van der Waals surface area contributed by atoms with E-state index in [0.717, 1.165) is 36.0 Å². The number of benzene rings is 1. The number of carbonyl (C=O) groups is 2. The van der Waals surface area contributed by atoms with Crippen LogP contribution in [0.4, 0.5) is 4.79 Å². The third kappa shape index (κ3) is 4.61. The van der Waals surface area contributed by atoms with Gasteiger partial charge < -0.3 is 19.3 Å². The molecule has 0 spiro atoms. The Bertz CT molecular complexity index is 760. The molecule has 0 aliphatic carbocycles. The van der Waals surface area contributed by atoms with Crippen LogP contribution in [0.25, 0.3) is 0 Å². The first-order valence-electron chi connectivity index (χ1n) is 9.77. The zero-order valence-electron chi connectivity index (χ0n) is 17.1. The molecule has 0 N–H and O–H groups in total. The lowest BCUT2D eigenvalue weighted by molar-refractivity contribution is -0.136. The molecule has 1 atom stereocenters. The molecule has 28 heavy (non-hydrogen) atoms. The molecule has 6 nitrogen and oxygen atoms in total. The minimum absolute atomic E-state index is 0.0236. The lowest BCUT2D eigenvalue weighted by Gasteiger charge is -2.34. The fraction of sp³-hybridized carbons (Fsp3) is 0.619. The minimum Gasteiger partial charge on any atom is -0.444 e. The topological polar surface area (TPSA) is 59.1 Å². The molecule has 1 aromatic rings. The normalized spacial score (nSPS) is 19.5. The van der Waals surface area contributed by atoms with Crippen LogP contribution in [0.5, 0.6) is 0 Å². The van der Waals surface area contributed by atoms with E-state index >= 15 is 0 Å². The van der Waals surface area contributed by atoms with Gasteiger partial charge in [0.15, 0.2) is 0 Å². The van der Waals surface area contributed by atoms with Crippen LogP contribution in [0.2, 0.25) is 5.02 Å². The van der Waals surface area contributed by atoms with Crippen molar-refractivity contribution < 1.29 is 19.1 Å². The summed E-state index contributed by atoms with van der Waals surface area (Å²) in [6.45, 7) is 7.51. The summed E-state index contributed by atoms with van der Waals surface area (Å²) >= 11 is 6.41. The molecule has 0 bridgehead atoms. The molecule has 1 saturated heterocycles. The first-order valence-corrected chi connectivity index (χ1v) is 10.1. The van der Waals surface area contributed by atoms with Crippen LogP contribution in [0.3, 0.4) is 0 Å². The van der Waals surface area contributed by atoms with Crippen LogP contribution in [0.15, 0.2) is 12.1 Å². The van der Waals surface area contributed by atoms with Gasteiger partial charge in [0, 0.05) is 31.8 Å². The third-order valence-electron chi connectivity index (χ3n) is 5.20. The summed E-state index contributed by atoms with van der Waals surface area (Å²) in [7, 11) is 1.53. The number of nitrogens with zero attached hydrogens (tertiary/aromatic N) is 2. The van der Waals surface area contributed by atoms with Crippen molar-refractivity contribution in [3.63, 3.8) is 0 Å². The Kier molecular flexibility index (Phi) is 6.20. The molecular formula is C21H29ClN2O4. The van der Waals surface area contributed by atoms with Crippen molar-refractivity contribution in [1.82, 2.24) is 9.80 Å². The highest BCUT2D eigenvalue weighted by Crippen LogP contribution is 2.39. The van der Waals surface area contributed by atoms with Gasteiger partial charge >= 0.3 is 6.09 Å². The van der Waals surface area contributed by atoms with Gasteiger partial charge in [-0.15, -0.1) is 0 Å². The van der Waals surface area contributed by atoms with E-state index < -0.39 is 5.60 Å². The fourth-order valence-corrected chi connectivity index (χ4v) is 4.26. The first kappa shape index (κ1) is 20.9. The highest BCUT2D eigenvalue weighted by atomic mass is 35.5. The second kappa shape index (κ2) is 8.29. The zero-order chi connectivity index (χ0) is 20.5. The van der Waals surface area contributed by atoms with Gasteiger partial charge in [0.05, 0.1) is 6.04 Å².